The molecule has 0 amide bonds. The van der Waals surface area contributed by atoms with E-state index >= 15 is 0 Å². The van der Waals surface area contributed by atoms with E-state index in [9.17, 15) is 4.39 Å². The van der Waals surface area contributed by atoms with E-state index in [0.717, 1.165) is 31.0 Å². The lowest BCUT2D eigenvalue weighted by Gasteiger charge is -2.20. The number of nitrogens with two attached hydrogens (primary N) is 1. The summed E-state index contributed by atoms with van der Waals surface area (Å²) in [6.45, 7) is 8.19. The summed E-state index contributed by atoms with van der Waals surface area (Å²) < 4.78 is 12.9. The average molecular weight is 270 g/mol. The summed E-state index contributed by atoms with van der Waals surface area (Å²) in [7, 11) is 0. The summed E-state index contributed by atoms with van der Waals surface area (Å²) in [5.74, 6) is 0.864. The quantitative estimate of drug-likeness (QED) is 0.787. The van der Waals surface area contributed by atoms with Gasteiger partial charge in [-0.15, -0.1) is 0 Å². The van der Waals surface area contributed by atoms with Crippen molar-refractivity contribution in [2.45, 2.75) is 19.1 Å². The number of thioether (sulfide) groups is 1. The van der Waals surface area contributed by atoms with E-state index in [-0.39, 0.29) is 11.1 Å². The lowest BCUT2D eigenvalue weighted by molar-refractivity contribution is 0.324. The number of hydrogen-bond donors (Lipinski definition) is 1. The van der Waals surface area contributed by atoms with E-state index < -0.39 is 0 Å². The summed E-state index contributed by atoms with van der Waals surface area (Å²) >= 11 is 1.85. The fourth-order valence-electron chi connectivity index (χ4n) is 1.84. The third kappa shape index (κ3) is 4.96. The van der Waals surface area contributed by atoms with Gasteiger partial charge in [0.2, 0.25) is 0 Å². The van der Waals surface area contributed by atoms with Crippen LogP contribution in [-0.4, -0.2) is 36.8 Å². The van der Waals surface area contributed by atoms with E-state index in [1.54, 1.807) is 0 Å². The molecular formula is C14H23FN2S. The predicted octanol–water partition coefficient (Wildman–Crippen LogP) is 2.90. The van der Waals surface area contributed by atoms with Crippen molar-refractivity contribution in [1.82, 2.24) is 4.90 Å². The maximum atomic E-state index is 12.9. The minimum Gasteiger partial charge on any atom is -0.329 e. The number of hydrogen-bond acceptors (Lipinski definition) is 3. The minimum atomic E-state index is -0.192. The van der Waals surface area contributed by atoms with E-state index in [1.807, 2.05) is 23.9 Å². The molecule has 0 saturated heterocycles. The Bertz CT molecular complexity index is 325. The first-order valence-electron chi connectivity index (χ1n) is 6.50. The molecule has 0 heterocycles. The lowest BCUT2D eigenvalue weighted by Crippen LogP contribution is -2.26. The highest BCUT2D eigenvalue weighted by Gasteiger charge is 2.10. The molecule has 18 heavy (non-hydrogen) atoms. The fraction of sp³-hybridized carbons (Fsp3) is 0.571. The maximum absolute atomic E-state index is 12.9. The van der Waals surface area contributed by atoms with Crippen molar-refractivity contribution in [3.63, 3.8) is 0 Å². The smallest absolute Gasteiger partial charge is 0.123 e. The highest BCUT2D eigenvalue weighted by molar-refractivity contribution is 7.99. The van der Waals surface area contributed by atoms with E-state index in [1.165, 1.54) is 12.1 Å². The molecule has 0 bridgehead atoms. The van der Waals surface area contributed by atoms with E-state index in [4.69, 9.17) is 5.73 Å². The number of rotatable bonds is 8. The van der Waals surface area contributed by atoms with Gasteiger partial charge in [0.25, 0.3) is 0 Å². The van der Waals surface area contributed by atoms with Gasteiger partial charge >= 0.3 is 0 Å². The van der Waals surface area contributed by atoms with Gasteiger partial charge in [0.1, 0.15) is 5.82 Å². The largest absolute Gasteiger partial charge is 0.329 e. The Morgan fingerprint density at radius 2 is 1.83 bits per heavy atom. The van der Waals surface area contributed by atoms with Crippen LogP contribution in [0, 0.1) is 5.82 Å². The minimum absolute atomic E-state index is 0.192. The van der Waals surface area contributed by atoms with Crippen LogP contribution in [0.1, 0.15) is 24.7 Å². The normalized spacial score (nSPS) is 12.9. The Kier molecular flexibility index (Phi) is 7.32. The zero-order valence-electron chi connectivity index (χ0n) is 11.2. The molecule has 4 heteroatoms. The van der Waals surface area contributed by atoms with Crippen LogP contribution >= 0.6 is 11.8 Å². The van der Waals surface area contributed by atoms with Crippen molar-refractivity contribution in [1.29, 1.82) is 0 Å². The highest BCUT2D eigenvalue weighted by atomic mass is 32.2. The van der Waals surface area contributed by atoms with E-state index in [0.29, 0.717) is 6.54 Å². The van der Waals surface area contributed by atoms with Gasteiger partial charge in [-0.3, -0.25) is 0 Å². The highest BCUT2D eigenvalue weighted by Crippen LogP contribution is 2.27. The molecule has 1 atom stereocenters. The molecule has 1 aromatic rings. The first-order valence-corrected chi connectivity index (χ1v) is 7.55. The van der Waals surface area contributed by atoms with Crippen LogP contribution in [0.3, 0.4) is 0 Å². The monoisotopic (exact) mass is 270 g/mol. The molecule has 0 spiro atoms. The molecule has 0 saturated carbocycles. The third-order valence-electron chi connectivity index (χ3n) is 3.08. The maximum Gasteiger partial charge on any atom is 0.123 e. The van der Waals surface area contributed by atoms with E-state index in [2.05, 4.69) is 18.7 Å². The summed E-state index contributed by atoms with van der Waals surface area (Å²) in [5, 5.41) is 0.265. The van der Waals surface area contributed by atoms with Gasteiger partial charge in [-0.1, -0.05) is 26.0 Å². The average Bonchev–Trinajstić information content (AvgIpc) is 2.41. The van der Waals surface area contributed by atoms with Crippen molar-refractivity contribution in [3.8, 4) is 0 Å². The van der Waals surface area contributed by atoms with Gasteiger partial charge in [-0.2, -0.15) is 11.8 Å². The third-order valence-corrected chi connectivity index (χ3v) is 4.36. The Labute approximate surface area is 114 Å². The van der Waals surface area contributed by atoms with Gasteiger partial charge in [-0.25, -0.2) is 4.39 Å². The number of benzene rings is 1. The molecule has 2 N–H and O–H groups in total. The Hall–Kier alpha value is -0.580. The van der Waals surface area contributed by atoms with Crippen LogP contribution in [0.5, 0.6) is 0 Å². The van der Waals surface area contributed by atoms with Gasteiger partial charge in [0.05, 0.1) is 0 Å². The molecule has 0 aliphatic rings. The van der Waals surface area contributed by atoms with Gasteiger partial charge in [-0.05, 0) is 30.8 Å². The molecule has 2 nitrogen and oxygen atoms in total. The second kappa shape index (κ2) is 8.51. The Morgan fingerprint density at radius 1 is 1.22 bits per heavy atom. The molecule has 102 valence electrons. The number of nitrogens with zero attached hydrogens (tertiary/aromatic N) is 1. The van der Waals surface area contributed by atoms with Gasteiger partial charge < -0.3 is 10.6 Å². The SMILES string of the molecule is CCN(CC)CCSC(CN)c1ccc(F)cc1. The molecule has 0 aliphatic carbocycles. The fourth-order valence-corrected chi connectivity index (χ4v) is 2.98. The van der Waals surface area contributed by atoms with Crippen LogP contribution in [0.15, 0.2) is 24.3 Å². The number of halogens is 1. The summed E-state index contributed by atoms with van der Waals surface area (Å²) in [6, 6.07) is 6.67. The first-order chi connectivity index (χ1) is 8.71. The molecular weight excluding hydrogens is 247 g/mol. The Balaban J connectivity index is 2.44. The van der Waals surface area contributed by atoms with Crippen molar-refractivity contribution < 1.29 is 4.39 Å². The molecule has 0 radical (unpaired) electrons. The second-order valence-electron chi connectivity index (χ2n) is 4.17. The van der Waals surface area contributed by atoms with Crippen LogP contribution in [0.2, 0.25) is 0 Å². The lowest BCUT2D eigenvalue weighted by atomic mass is 10.1. The predicted molar refractivity (Wildman–Crippen MR) is 78.4 cm³/mol. The molecule has 1 unspecified atom stereocenters. The molecule has 0 aliphatic heterocycles. The van der Waals surface area contributed by atoms with Crippen LogP contribution in [0.25, 0.3) is 0 Å². The van der Waals surface area contributed by atoms with Crippen molar-refractivity contribution in [2.24, 2.45) is 5.73 Å². The molecule has 1 rings (SSSR count). The second-order valence-corrected chi connectivity index (χ2v) is 5.48. The summed E-state index contributed by atoms with van der Waals surface area (Å²) in [6.07, 6.45) is 0. The van der Waals surface area contributed by atoms with Gasteiger partial charge in [0, 0.05) is 24.1 Å². The zero-order chi connectivity index (χ0) is 13.4. The summed E-state index contributed by atoms with van der Waals surface area (Å²) in [4.78, 5) is 2.39. The Morgan fingerprint density at radius 3 is 2.33 bits per heavy atom. The van der Waals surface area contributed by atoms with Gasteiger partial charge in [0.15, 0.2) is 0 Å². The zero-order valence-corrected chi connectivity index (χ0v) is 12.0. The van der Waals surface area contributed by atoms with Crippen LogP contribution < -0.4 is 5.73 Å². The van der Waals surface area contributed by atoms with Crippen molar-refractivity contribution in [3.05, 3.63) is 35.6 Å². The standard InChI is InChI=1S/C14H23FN2S/c1-3-17(4-2)9-10-18-14(11-16)12-5-7-13(15)8-6-12/h5-8,14H,3-4,9-11,16H2,1-2H3. The molecule has 0 aromatic heterocycles. The first kappa shape index (κ1) is 15.5. The van der Waals surface area contributed by atoms with Crippen molar-refractivity contribution in [2.75, 3.05) is 31.9 Å². The van der Waals surface area contributed by atoms with Crippen LogP contribution in [-0.2, 0) is 0 Å². The molecule has 0 fully saturated rings. The van der Waals surface area contributed by atoms with Crippen molar-refractivity contribution >= 4 is 11.8 Å². The topological polar surface area (TPSA) is 29.3 Å². The summed E-state index contributed by atoms with van der Waals surface area (Å²) in [5.41, 5.74) is 6.91. The molecule has 1 aromatic carbocycles. The van der Waals surface area contributed by atoms with Crippen LogP contribution in [0.4, 0.5) is 4.39 Å².